The van der Waals surface area contributed by atoms with E-state index in [1.165, 1.54) is 0 Å². The van der Waals surface area contributed by atoms with Crippen LogP contribution in [0.1, 0.15) is 5.56 Å². The first-order valence-electron chi connectivity index (χ1n) is 3.10. The monoisotopic (exact) mass is 134 g/mol. The van der Waals surface area contributed by atoms with Gasteiger partial charge in [0.1, 0.15) is 0 Å². The maximum atomic E-state index is 5.48. The van der Waals surface area contributed by atoms with Gasteiger partial charge in [-0.15, -0.1) is 0 Å². The van der Waals surface area contributed by atoms with E-state index in [0.29, 0.717) is 6.54 Å². The smallest absolute Gasteiger partial charge is 0.0632 e. The SMILES string of the molecule is C=NCc1ccc(N)cc1. The molecule has 1 aromatic rings. The summed E-state index contributed by atoms with van der Waals surface area (Å²) in [5, 5.41) is 0. The maximum absolute atomic E-state index is 5.48. The average Bonchev–Trinajstić information content (AvgIpc) is 1.95. The molecule has 0 aromatic heterocycles. The van der Waals surface area contributed by atoms with Crippen molar-refractivity contribution in [1.29, 1.82) is 0 Å². The lowest BCUT2D eigenvalue weighted by Crippen LogP contribution is -1.85. The van der Waals surface area contributed by atoms with E-state index in [9.17, 15) is 0 Å². The standard InChI is InChI=1S/C8H10N2/c1-10-6-7-2-4-8(9)5-3-7/h2-5H,1,6,9H2. The molecule has 0 aliphatic heterocycles. The Balaban J connectivity index is 2.78. The van der Waals surface area contributed by atoms with Crippen LogP contribution in [0.5, 0.6) is 0 Å². The topological polar surface area (TPSA) is 38.4 Å². The zero-order valence-electron chi connectivity index (χ0n) is 5.75. The van der Waals surface area contributed by atoms with Crippen molar-refractivity contribution < 1.29 is 0 Å². The Morgan fingerprint density at radius 3 is 2.40 bits per heavy atom. The summed E-state index contributed by atoms with van der Waals surface area (Å²) in [4.78, 5) is 3.74. The summed E-state index contributed by atoms with van der Waals surface area (Å²) in [6.45, 7) is 4.06. The second kappa shape index (κ2) is 3.01. The van der Waals surface area contributed by atoms with Gasteiger partial charge in [-0.25, -0.2) is 0 Å². The fraction of sp³-hybridized carbons (Fsp3) is 0.125. The average molecular weight is 134 g/mol. The van der Waals surface area contributed by atoms with E-state index in [0.717, 1.165) is 11.3 Å². The third-order valence-electron chi connectivity index (χ3n) is 1.27. The van der Waals surface area contributed by atoms with Crippen LogP contribution in [-0.4, -0.2) is 6.72 Å². The molecule has 0 saturated heterocycles. The van der Waals surface area contributed by atoms with Gasteiger partial charge in [-0.05, 0) is 24.4 Å². The molecule has 0 amide bonds. The Kier molecular flexibility index (Phi) is 2.05. The van der Waals surface area contributed by atoms with Crippen molar-refractivity contribution in [2.75, 3.05) is 5.73 Å². The highest BCUT2D eigenvalue weighted by Crippen LogP contribution is 2.05. The first-order valence-corrected chi connectivity index (χ1v) is 3.10. The highest BCUT2D eigenvalue weighted by Gasteiger charge is 1.87. The highest BCUT2D eigenvalue weighted by atomic mass is 14.7. The molecular formula is C8H10N2. The largest absolute Gasteiger partial charge is 0.399 e. The third-order valence-corrected chi connectivity index (χ3v) is 1.27. The molecule has 0 heterocycles. The normalized spacial score (nSPS) is 9.20. The molecule has 10 heavy (non-hydrogen) atoms. The third kappa shape index (κ3) is 1.58. The number of nitrogens with zero attached hydrogens (tertiary/aromatic N) is 1. The first kappa shape index (κ1) is 6.81. The fourth-order valence-electron chi connectivity index (χ4n) is 0.752. The minimum Gasteiger partial charge on any atom is -0.399 e. The Morgan fingerprint density at radius 2 is 1.90 bits per heavy atom. The molecule has 2 heteroatoms. The molecule has 0 bridgehead atoms. The van der Waals surface area contributed by atoms with Crippen molar-refractivity contribution in [2.24, 2.45) is 4.99 Å². The van der Waals surface area contributed by atoms with Crippen molar-refractivity contribution >= 4 is 12.4 Å². The first-order chi connectivity index (χ1) is 4.83. The Bertz CT molecular complexity index is 213. The lowest BCUT2D eigenvalue weighted by atomic mass is 10.2. The number of nitrogens with two attached hydrogens (primary N) is 1. The zero-order chi connectivity index (χ0) is 7.40. The van der Waals surface area contributed by atoms with Gasteiger partial charge in [-0.1, -0.05) is 12.1 Å². The summed E-state index contributed by atoms with van der Waals surface area (Å²) in [6, 6.07) is 7.62. The van der Waals surface area contributed by atoms with Gasteiger partial charge >= 0.3 is 0 Å². The van der Waals surface area contributed by atoms with Crippen LogP contribution >= 0.6 is 0 Å². The predicted octanol–water partition coefficient (Wildman–Crippen LogP) is 1.47. The van der Waals surface area contributed by atoms with Gasteiger partial charge in [0, 0.05) is 5.69 Å². The predicted molar refractivity (Wildman–Crippen MR) is 44.1 cm³/mol. The van der Waals surface area contributed by atoms with Crippen LogP contribution in [0.2, 0.25) is 0 Å². The number of rotatable bonds is 2. The van der Waals surface area contributed by atoms with E-state index in [-0.39, 0.29) is 0 Å². The summed E-state index contributed by atoms with van der Waals surface area (Å²) in [5.41, 5.74) is 7.40. The fourth-order valence-corrected chi connectivity index (χ4v) is 0.752. The van der Waals surface area contributed by atoms with Crippen molar-refractivity contribution in [3.05, 3.63) is 29.8 Å². The second-order valence-corrected chi connectivity index (χ2v) is 2.12. The molecule has 0 fully saturated rings. The minimum atomic E-state index is 0.667. The number of nitrogen functional groups attached to an aromatic ring is 1. The highest BCUT2D eigenvalue weighted by molar-refractivity contribution is 5.39. The van der Waals surface area contributed by atoms with Crippen molar-refractivity contribution in [1.82, 2.24) is 0 Å². The summed E-state index contributed by atoms with van der Waals surface area (Å²) in [6.07, 6.45) is 0. The van der Waals surface area contributed by atoms with Crippen LogP contribution < -0.4 is 5.73 Å². The zero-order valence-corrected chi connectivity index (χ0v) is 5.75. The molecule has 2 nitrogen and oxygen atoms in total. The van der Waals surface area contributed by atoms with Gasteiger partial charge < -0.3 is 5.73 Å². The number of hydrogen-bond acceptors (Lipinski definition) is 2. The number of anilines is 1. The van der Waals surface area contributed by atoms with Crippen LogP contribution in [0.25, 0.3) is 0 Å². The summed E-state index contributed by atoms with van der Waals surface area (Å²) in [7, 11) is 0. The van der Waals surface area contributed by atoms with Crippen molar-refractivity contribution in [3.63, 3.8) is 0 Å². The van der Waals surface area contributed by atoms with Crippen molar-refractivity contribution in [2.45, 2.75) is 6.54 Å². The van der Waals surface area contributed by atoms with Crippen LogP contribution in [0.4, 0.5) is 5.69 Å². The molecule has 2 N–H and O–H groups in total. The maximum Gasteiger partial charge on any atom is 0.0632 e. The molecule has 0 unspecified atom stereocenters. The van der Waals surface area contributed by atoms with Crippen LogP contribution in [0.3, 0.4) is 0 Å². The molecule has 0 spiro atoms. The van der Waals surface area contributed by atoms with E-state index in [4.69, 9.17) is 5.73 Å². The van der Waals surface area contributed by atoms with Gasteiger partial charge in [-0.3, -0.25) is 4.99 Å². The van der Waals surface area contributed by atoms with E-state index < -0.39 is 0 Å². The molecule has 52 valence electrons. The molecular weight excluding hydrogens is 124 g/mol. The summed E-state index contributed by atoms with van der Waals surface area (Å²) >= 11 is 0. The lowest BCUT2D eigenvalue weighted by molar-refractivity contribution is 1.08. The summed E-state index contributed by atoms with van der Waals surface area (Å²) in [5.74, 6) is 0. The Morgan fingerprint density at radius 1 is 1.30 bits per heavy atom. The molecule has 0 aliphatic rings. The molecule has 0 atom stereocenters. The van der Waals surface area contributed by atoms with Gasteiger partial charge in [0.25, 0.3) is 0 Å². The molecule has 0 radical (unpaired) electrons. The second-order valence-electron chi connectivity index (χ2n) is 2.12. The molecule has 0 aliphatic carbocycles. The molecule has 0 saturated carbocycles. The number of aliphatic imine (C=N–C) groups is 1. The quantitative estimate of drug-likeness (QED) is 0.482. The molecule has 1 rings (SSSR count). The van der Waals surface area contributed by atoms with E-state index in [1.807, 2.05) is 24.3 Å². The Hall–Kier alpha value is -1.31. The number of hydrogen-bond donors (Lipinski definition) is 1. The van der Waals surface area contributed by atoms with Gasteiger partial charge in [0.2, 0.25) is 0 Å². The summed E-state index contributed by atoms with van der Waals surface area (Å²) < 4.78 is 0. The van der Waals surface area contributed by atoms with E-state index in [2.05, 4.69) is 11.7 Å². The van der Waals surface area contributed by atoms with E-state index in [1.54, 1.807) is 0 Å². The minimum absolute atomic E-state index is 0.667. The van der Waals surface area contributed by atoms with Crippen LogP contribution in [0.15, 0.2) is 29.3 Å². The Labute approximate surface area is 60.4 Å². The number of benzene rings is 1. The van der Waals surface area contributed by atoms with Gasteiger partial charge in [-0.2, -0.15) is 0 Å². The van der Waals surface area contributed by atoms with Gasteiger partial charge in [0.15, 0.2) is 0 Å². The van der Waals surface area contributed by atoms with Crippen molar-refractivity contribution in [3.8, 4) is 0 Å². The lowest BCUT2D eigenvalue weighted by Gasteiger charge is -1.95. The molecule has 1 aromatic carbocycles. The van der Waals surface area contributed by atoms with E-state index >= 15 is 0 Å². The van der Waals surface area contributed by atoms with Crippen LogP contribution in [0, 0.1) is 0 Å². The van der Waals surface area contributed by atoms with Crippen LogP contribution in [-0.2, 0) is 6.54 Å². The van der Waals surface area contributed by atoms with Gasteiger partial charge in [0.05, 0.1) is 6.54 Å².